The molecular formula is C14H14N8O2. The fraction of sp³-hybridized carbons (Fsp3) is 0.214. The summed E-state index contributed by atoms with van der Waals surface area (Å²) in [5, 5.41) is 21.0. The highest BCUT2D eigenvalue weighted by molar-refractivity contribution is 6.00. The standard InChI is InChI=1S/C14H14N8O2/c1-15-12-5-10-19-11-4-8(6-17-21-11)24-3-2-16-14(23)9-7-18-22(12)13(9)20-10/h4-7,15H,2-3H2,1H3,(H,16,23)(H,19,20,21). The number of hydrogen-bond acceptors (Lipinski definition) is 8. The molecule has 4 bridgehead atoms. The lowest BCUT2D eigenvalue weighted by molar-refractivity contribution is 0.0948. The molecule has 0 atom stereocenters. The smallest absolute Gasteiger partial charge is 0.256 e. The Labute approximate surface area is 136 Å². The van der Waals surface area contributed by atoms with Crippen LogP contribution in [0, 0.1) is 0 Å². The number of carbonyl (C=O) groups excluding carboxylic acids is 1. The lowest BCUT2D eigenvalue weighted by atomic mass is 10.3. The molecule has 1 aliphatic heterocycles. The summed E-state index contributed by atoms with van der Waals surface area (Å²) >= 11 is 0. The van der Waals surface area contributed by atoms with Gasteiger partial charge >= 0.3 is 0 Å². The monoisotopic (exact) mass is 326 g/mol. The maximum Gasteiger partial charge on any atom is 0.256 e. The van der Waals surface area contributed by atoms with Crippen molar-refractivity contribution in [2.75, 3.05) is 30.8 Å². The molecule has 3 aromatic rings. The molecule has 4 rings (SSSR count). The number of nitrogens with zero attached hydrogens (tertiary/aromatic N) is 5. The Kier molecular flexibility index (Phi) is 3.34. The average Bonchev–Trinajstić information content (AvgIpc) is 3.01. The van der Waals surface area contributed by atoms with Gasteiger partial charge < -0.3 is 20.7 Å². The number of amides is 1. The summed E-state index contributed by atoms with van der Waals surface area (Å²) in [7, 11) is 1.77. The maximum absolute atomic E-state index is 12.4. The predicted octanol–water partition coefficient (Wildman–Crippen LogP) is 0.427. The fourth-order valence-electron chi connectivity index (χ4n) is 2.41. The zero-order valence-corrected chi connectivity index (χ0v) is 12.8. The van der Waals surface area contributed by atoms with E-state index in [1.54, 1.807) is 23.7 Å². The second kappa shape index (κ2) is 5.65. The van der Waals surface area contributed by atoms with Crippen molar-refractivity contribution in [1.29, 1.82) is 0 Å². The van der Waals surface area contributed by atoms with Gasteiger partial charge in [0.25, 0.3) is 5.91 Å². The molecule has 0 aromatic carbocycles. The molecule has 1 aliphatic rings. The molecule has 122 valence electrons. The number of fused-ring (bicyclic) bond motifs is 3. The first-order chi connectivity index (χ1) is 11.7. The van der Waals surface area contributed by atoms with Crippen LogP contribution in [-0.4, -0.2) is 50.9 Å². The van der Waals surface area contributed by atoms with Crippen molar-refractivity contribution in [3.05, 3.63) is 30.1 Å². The van der Waals surface area contributed by atoms with E-state index in [1.165, 1.54) is 12.4 Å². The van der Waals surface area contributed by atoms with Crippen molar-refractivity contribution in [1.82, 2.24) is 30.1 Å². The van der Waals surface area contributed by atoms with Crippen LogP contribution in [0.2, 0.25) is 0 Å². The Morgan fingerprint density at radius 1 is 1.29 bits per heavy atom. The summed E-state index contributed by atoms with van der Waals surface area (Å²) in [6.45, 7) is 0.661. The largest absolute Gasteiger partial charge is 0.490 e. The van der Waals surface area contributed by atoms with Gasteiger partial charge in [-0.2, -0.15) is 14.7 Å². The summed E-state index contributed by atoms with van der Waals surface area (Å²) in [6, 6.07) is 3.48. The number of nitrogens with one attached hydrogen (secondary N) is 3. The summed E-state index contributed by atoms with van der Waals surface area (Å²) < 4.78 is 7.12. The topological polar surface area (TPSA) is 118 Å². The number of rotatable bonds is 1. The lowest BCUT2D eigenvalue weighted by Gasteiger charge is -2.09. The van der Waals surface area contributed by atoms with E-state index in [0.717, 1.165) is 0 Å². The zero-order chi connectivity index (χ0) is 16.5. The Balaban J connectivity index is 1.88. The van der Waals surface area contributed by atoms with Crippen LogP contribution in [-0.2, 0) is 0 Å². The van der Waals surface area contributed by atoms with Gasteiger partial charge in [-0.3, -0.25) is 4.79 Å². The van der Waals surface area contributed by atoms with Crippen LogP contribution in [0.15, 0.2) is 24.5 Å². The average molecular weight is 326 g/mol. The van der Waals surface area contributed by atoms with Gasteiger partial charge in [0, 0.05) is 19.2 Å². The van der Waals surface area contributed by atoms with E-state index >= 15 is 0 Å². The molecule has 0 spiro atoms. The van der Waals surface area contributed by atoms with Crippen LogP contribution >= 0.6 is 0 Å². The molecule has 10 heteroatoms. The van der Waals surface area contributed by atoms with Crippen LogP contribution in [0.1, 0.15) is 10.4 Å². The first-order valence-electron chi connectivity index (χ1n) is 7.32. The van der Waals surface area contributed by atoms with Crippen molar-refractivity contribution in [3.63, 3.8) is 0 Å². The number of anilines is 3. The Bertz CT molecular complexity index is 922. The lowest BCUT2D eigenvalue weighted by Crippen LogP contribution is -2.28. The number of ether oxygens (including phenoxy) is 1. The van der Waals surface area contributed by atoms with Crippen LogP contribution in [0.4, 0.5) is 17.5 Å². The highest BCUT2D eigenvalue weighted by Crippen LogP contribution is 2.22. The predicted molar refractivity (Wildman–Crippen MR) is 85.7 cm³/mol. The quantitative estimate of drug-likeness (QED) is 0.589. The van der Waals surface area contributed by atoms with Crippen LogP contribution < -0.4 is 20.7 Å². The van der Waals surface area contributed by atoms with Gasteiger partial charge in [0.2, 0.25) is 0 Å². The van der Waals surface area contributed by atoms with E-state index in [-0.39, 0.29) is 5.91 Å². The molecule has 0 saturated heterocycles. The van der Waals surface area contributed by atoms with E-state index < -0.39 is 0 Å². The van der Waals surface area contributed by atoms with E-state index in [9.17, 15) is 4.79 Å². The number of aromatic nitrogens is 5. The van der Waals surface area contributed by atoms with Crippen LogP contribution in [0.3, 0.4) is 0 Å². The maximum atomic E-state index is 12.4. The first-order valence-corrected chi connectivity index (χ1v) is 7.32. The molecule has 0 saturated carbocycles. The minimum Gasteiger partial charge on any atom is -0.490 e. The number of hydrogen-bond donors (Lipinski definition) is 3. The molecule has 0 aliphatic carbocycles. The molecule has 0 fully saturated rings. The van der Waals surface area contributed by atoms with Crippen molar-refractivity contribution in [2.24, 2.45) is 0 Å². The second-order valence-electron chi connectivity index (χ2n) is 5.08. The minimum absolute atomic E-state index is 0.262. The molecular weight excluding hydrogens is 312 g/mol. The van der Waals surface area contributed by atoms with Crippen LogP contribution in [0.5, 0.6) is 5.75 Å². The summed E-state index contributed by atoms with van der Waals surface area (Å²) in [4.78, 5) is 16.8. The Morgan fingerprint density at radius 2 is 2.21 bits per heavy atom. The fourth-order valence-corrected chi connectivity index (χ4v) is 2.41. The van der Waals surface area contributed by atoms with Gasteiger partial charge in [-0.05, 0) is 0 Å². The van der Waals surface area contributed by atoms with E-state index in [0.29, 0.717) is 47.6 Å². The molecule has 3 N–H and O–H groups in total. The highest BCUT2D eigenvalue weighted by Gasteiger charge is 2.17. The van der Waals surface area contributed by atoms with E-state index in [1.807, 2.05) is 0 Å². The third-order valence-electron chi connectivity index (χ3n) is 3.51. The van der Waals surface area contributed by atoms with Gasteiger partial charge in [0.05, 0.1) is 18.9 Å². The highest BCUT2D eigenvalue weighted by atomic mass is 16.5. The summed E-state index contributed by atoms with van der Waals surface area (Å²) in [5.74, 6) is 1.97. The third kappa shape index (κ3) is 2.43. The molecule has 1 amide bonds. The first kappa shape index (κ1) is 14.2. The van der Waals surface area contributed by atoms with E-state index in [2.05, 4.69) is 36.2 Å². The van der Waals surface area contributed by atoms with E-state index in [4.69, 9.17) is 4.74 Å². The van der Waals surface area contributed by atoms with Crippen molar-refractivity contribution in [2.45, 2.75) is 0 Å². The Morgan fingerprint density at radius 3 is 3.08 bits per heavy atom. The van der Waals surface area contributed by atoms with Gasteiger partial charge in [-0.25, -0.2) is 4.98 Å². The molecule has 10 nitrogen and oxygen atoms in total. The van der Waals surface area contributed by atoms with Gasteiger partial charge in [0.1, 0.15) is 29.6 Å². The zero-order valence-electron chi connectivity index (χ0n) is 12.8. The van der Waals surface area contributed by atoms with Crippen LogP contribution in [0.25, 0.3) is 5.65 Å². The Hall–Kier alpha value is -3.43. The van der Waals surface area contributed by atoms with Crippen molar-refractivity contribution >= 4 is 29.0 Å². The number of carbonyl (C=O) groups is 1. The third-order valence-corrected chi connectivity index (χ3v) is 3.51. The SMILES string of the molecule is CNc1cc2nc3c(cnn13)C(=O)NCCOc1cnnc(c1)N2. The second-order valence-corrected chi connectivity index (χ2v) is 5.08. The van der Waals surface area contributed by atoms with Gasteiger partial charge in [-0.1, -0.05) is 0 Å². The molecule has 3 aromatic heterocycles. The van der Waals surface area contributed by atoms with Gasteiger partial charge in [-0.15, -0.1) is 5.10 Å². The summed E-state index contributed by atoms with van der Waals surface area (Å²) in [6.07, 6.45) is 3.00. The normalized spacial score (nSPS) is 14.0. The van der Waals surface area contributed by atoms with Crippen molar-refractivity contribution < 1.29 is 9.53 Å². The molecule has 4 heterocycles. The summed E-state index contributed by atoms with van der Waals surface area (Å²) in [5.41, 5.74) is 0.818. The van der Waals surface area contributed by atoms with Crippen molar-refractivity contribution in [3.8, 4) is 5.75 Å². The molecule has 0 unspecified atom stereocenters. The molecule has 0 radical (unpaired) electrons. The van der Waals surface area contributed by atoms with Gasteiger partial charge in [0.15, 0.2) is 11.5 Å². The minimum atomic E-state index is -0.262. The molecule has 24 heavy (non-hydrogen) atoms.